The number of aromatic nitrogens is 4. The Kier molecular flexibility index (Phi) is 6.58. The number of nitrogens with one attached hydrogen (secondary N) is 1. The van der Waals surface area contributed by atoms with Crippen molar-refractivity contribution in [1.29, 1.82) is 0 Å². The van der Waals surface area contributed by atoms with Gasteiger partial charge in [0.2, 0.25) is 0 Å². The lowest BCUT2D eigenvalue weighted by atomic mass is 10.3. The minimum atomic E-state index is -0.531. The SMILES string of the molecule is O=C(Nc1cnn(COc2cccc(Cl)c2)c1)c1ccn(COc2ccc(F)c(Cl)c2)n1. The lowest BCUT2D eigenvalue weighted by Crippen LogP contribution is -2.14. The van der Waals surface area contributed by atoms with Crippen LogP contribution < -0.4 is 14.8 Å². The van der Waals surface area contributed by atoms with Gasteiger partial charge in [-0.05, 0) is 36.4 Å². The van der Waals surface area contributed by atoms with Crippen LogP contribution in [0.3, 0.4) is 0 Å². The van der Waals surface area contributed by atoms with Crippen molar-refractivity contribution in [3.05, 3.63) is 88.7 Å². The molecule has 1 N–H and O–H groups in total. The highest BCUT2D eigenvalue weighted by Crippen LogP contribution is 2.21. The summed E-state index contributed by atoms with van der Waals surface area (Å²) in [4.78, 5) is 12.4. The molecule has 0 radical (unpaired) electrons. The molecule has 164 valence electrons. The molecule has 32 heavy (non-hydrogen) atoms. The summed E-state index contributed by atoms with van der Waals surface area (Å²) in [7, 11) is 0. The Morgan fingerprint density at radius 1 is 1.03 bits per heavy atom. The average Bonchev–Trinajstić information content (AvgIpc) is 3.43. The molecule has 0 unspecified atom stereocenters. The van der Waals surface area contributed by atoms with E-state index in [0.717, 1.165) is 0 Å². The van der Waals surface area contributed by atoms with Gasteiger partial charge in [-0.25, -0.2) is 13.8 Å². The maximum absolute atomic E-state index is 13.2. The predicted octanol–water partition coefficient (Wildman–Crippen LogP) is 4.85. The fourth-order valence-electron chi connectivity index (χ4n) is 2.65. The van der Waals surface area contributed by atoms with E-state index >= 15 is 0 Å². The molecular formula is C21H16Cl2FN5O3. The summed E-state index contributed by atoms with van der Waals surface area (Å²) < 4.78 is 27.2. The Hall–Kier alpha value is -3.56. The first-order chi connectivity index (χ1) is 15.5. The fourth-order valence-corrected chi connectivity index (χ4v) is 3.00. The normalized spacial score (nSPS) is 10.7. The molecule has 2 aromatic carbocycles. The number of benzene rings is 2. The molecule has 4 aromatic rings. The summed E-state index contributed by atoms with van der Waals surface area (Å²) in [6.45, 7) is 0.170. The molecule has 2 heterocycles. The molecule has 0 saturated heterocycles. The van der Waals surface area contributed by atoms with Crippen molar-refractivity contribution in [3.63, 3.8) is 0 Å². The van der Waals surface area contributed by atoms with Crippen LogP contribution >= 0.6 is 23.2 Å². The molecule has 0 saturated carbocycles. The first-order valence-electron chi connectivity index (χ1n) is 9.30. The van der Waals surface area contributed by atoms with Crippen LogP contribution in [0.1, 0.15) is 10.5 Å². The maximum atomic E-state index is 13.2. The Labute approximate surface area is 192 Å². The van der Waals surface area contributed by atoms with Gasteiger partial charge in [0.1, 0.15) is 17.3 Å². The number of nitrogens with zero attached hydrogens (tertiary/aromatic N) is 4. The number of carbonyl (C=O) groups excluding carboxylic acids is 1. The number of hydrogen-bond acceptors (Lipinski definition) is 5. The molecule has 2 aromatic heterocycles. The van der Waals surface area contributed by atoms with Gasteiger partial charge in [0.25, 0.3) is 5.91 Å². The summed E-state index contributed by atoms with van der Waals surface area (Å²) in [6, 6.07) is 12.6. The van der Waals surface area contributed by atoms with Crippen molar-refractivity contribution in [1.82, 2.24) is 19.6 Å². The van der Waals surface area contributed by atoms with Gasteiger partial charge >= 0.3 is 0 Å². The lowest BCUT2D eigenvalue weighted by Gasteiger charge is -2.07. The molecule has 11 heteroatoms. The first-order valence-corrected chi connectivity index (χ1v) is 10.1. The second kappa shape index (κ2) is 9.71. The highest BCUT2D eigenvalue weighted by molar-refractivity contribution is 6.31. The van der Waals surface area contributed by atoms with Crippen molar-refractivity contribution in [2.75, 3.05) is 5.32 Å². The largest absolute Gasteiger partial charge is 0.471 e. The second-order valence-electron chi connectivity index (χ2n) is 6.54. The van der Waals surface area contributed by atoms with Crippen LogP contribution in [0.25, 0.3) is 0 Å². The van der Waals surface area contributed by atoms with Crippen molar-refractivity contribution < 1.29 is 18.7 Å². The van der Waals surface area contributed by atoms with Gasteiger partial charge < -0.3 is 14.8 Å². The van der Waals surface area contributed by atoms with Gasteiger partial charge in [-0.3, -0.25) is 4.79 Å². The van der Waals surface area contributed by atoms with Crippen LogP contribution in [0.15, 0.2) is 67.1 Å². The molecule has 0 aliphatic heterocycles. The topological polar surface area (TPSA) is 83.2 Å². The van der Waals surface area contributed by atoms with Crippen molar-refractivity contribution in [2.24, 2.45) is 0 Å². The molecule has 1 amide bonds. The van der Waals surface area contributed by atoms with E-state index in [-0.39, 0.29) is 24.2 Å². The van der Waals surface area contributed by atoms with Crippen LogP contribution in [0.5, 0.6) is 11.5 Å². The Morgan fingerprint density at radius 3 is 2.59 bits per heavy atom. The standard InChI is InChI=1S/C21H16Cl2FN5O3/c22-14-2-1-3-16(8-14)32-13-29-11-15(10-25-29)26-21(30)20-6-7-28(27-20)12-31-17-4-5-19(24)18(23)9-17/h1-11H,12-13H2,(H,26,30). The zero-order chi connectivity index (χ0) is 22.5. The van der Waals surface area contributed by atoms with Crippen molar-refractivity contribution in [3.8, 4) is 11.5 Å². The van der Waals surface area contributed by atoms with E-state index in [0.29, 0.717) is 22.2 Å². The zero-order valence-corrected chi connectivity index (χ0v) is 17.9. The number of carbonyl (C=O) groups is 1. The third-order valence-corrected chi connectivity index (χ3v) is 4.70. The number of rotatable bonds is 8. The van der Waals surface area contributed by atoms with Gasteiger partial charge in [-0.2, -0.15) is 10.2 Å². The lowest BCUT2D eigenvalue weighted by molar-refractivity contribution is 0.102. The van der Waals surface area contributed by atoms with Crippen LogP contribution in [0.4, 0.5) is 10.1 Å². The quantitative estimate of drug-likeness (QED) is 0.393. The molecule has 0 aliphatic carbocycles. The Bertz CT molecular complexity index is 1240. The van der Waals surface area contributed by atoms with E-state index in [1.165, 1.54) is 33.8 Å². The monoisotopic (exact) mass is 475 g/mol. The number of halogens is 3. The molecule has 8 nitrogen and oxygen atoms in total. The second-order valence-corrected chi connectivity index (χ2v) is 7.39. The number of hydrogen-bond donors (Lipinski definition) is 1. The van der Waals surface area contributed by atoms with Crippen LogP contribution in [0.2, 0.25) is 10.0 Å². The van der Waals surface area contributed by atoms with Gasteiger partial charge in [0.15, 0.2) is 19.2 Å². The zero-order valence-electron chi connectivity index (χ0n) is 16.4. The molecule has 0 spiro atoms. The van der Waals surface area contributed by atoms with E-state index in [4.69, 9.17) is 32.7 Å². The molecule has 0 atom stereocenters. The number of amides is 1. The third kappa shape index (κ3) is 5.57. The third-order valence-electron chi connectivity index (χ3n) is 4.18. The average molecular weight is 476 g/mol. The number of anilines is 1. The Morgan fingerprint density at radius 2 is 1.81 bits per heavy atom. The fraction of sp³-hybridized carbons (Fsp3) is 0.0952. The van der Waals surface area contributed by atoms with E-state index in [2.05, 4.69) is 15.5 Å². The van der Waals surface area contributed by atoms with Crippen LogP contribution in [-0.2, 0) is 13.5 Å². The smallest absolute Gasteiger partial charge is 0.276 e. The van der Waals surface area contributed by atoms with E-state index < -0.39 is 11.7 Å². The number of ether oxygens (including phenoxy) is 2. The summed E-state index contributed by atoms with van der Waals surface area (Å²) >= 11 is 11.7. The first kappa shape index (κ1) is 21.7. The summed E-state index contributed by atoms with van der Waals surface area (Å²) in [6.07, 6.45) is 4.71. The Balaban J connectivity index is 1.29. The van der Waals surface area contributed by atoms with Gasteiger partial charge in [0, 0.05) is 17.3 Å². The van der Waals surface area contributed by atoms with Crippen LogP contribution in [0, 0.1) is 5.82 Å². The van der Waals surface area contributed by atoms with Gasteiger partial charge in [-0.1, -0.05) is 29.3 Å². The molecular weight excluding hydrogens is 460 g/mol. The molecule has 0 bridgehead atoms. The predicted molar refractivity (Wildman–Crippen MR) is 117 cm³/mol. The van der Waals surface area contributed by atoms with E-state index in [1.54, 1.807) is 42.7 Å². The minimum Gasteiger partial charge on any atom is -0.471 e. The van der Waals surface area contributed by atoms with Crippen molar-refractivity contribution in [2.45, 2.75) is 13.5 Å². The maximum Gasteiger partial charge on any atom is 0.276 e. The molecule has 0 aliphatic rings. The van der Waals surface area contributed by atoms with Crippen molar-refractivity contribution >= 4 is 34.8 Å². The highest BCUT2D eigenvalue weighted by atomic mass is 35.5. The summed E-state index contributed by atoms with van der Waals surface area (Å²) in [5.41, 5.74) is 0.671. The van der Waals surface area contributed by atoms with E-state index in [1.807, 2.05) is 0 Å². The summed E-state index contributed by atoms with van der Waals surface area (Å²) in [5, 5.41) is 11.5. The van der Waals surface area contributed by atoms with Gasteiger partial charge in [0.05, 0.1) is 23.1 Å². The molecule has 4 rings (SSSR count). The molecule has 0 fully saturated rings. The van der Waals surface area contributed by atoms with E-state index in [9.17, 15) is 9.18 Å². The van der Waals surface area contributed by atoms with Crippen LogP contribution in [-0.4, -0.2) is 25.5 Å². The minimum absolute atomic E-state index is 0.0218. The van der Waals surface area contributed by atoms with Gasteiger partial charge in [-0.15, -0.1) is 0 Å². The highest BCUT2D eigenvalue weighted by Gasteiger charge is 2.12. The summed E-state index contributed by atoms with van der Waals surface area (Å²) in [5.74, 6) is 0.0415.